The number of fused-ring (bicyclic) bond motifs is 1. The number of nitrogens with one attached hydrogen (secondary N) is 1. The molecule has 0 fully saturated rings. The van der Waals surface area contributed by atoms with Crippen LogP contribution < -0.4 is 10.2 Å². The van der Waals surface area contributed by atoms with Crippen LogP contribution >= 0.6 is 0 Å². The van der Waals surface area contributed by atoms with E-state index in [1.165, 1.54) is 12.1 Å². The van der Waals surface area contributed by atoms with Gasteiger partial charge in [-0.15, -0.1) is 0 Å². The fraction of sp³-hybridized carbons (Fsp3) is 0.250. The molecule has 1 heterocycles. The summed E-state index contributed by atoms with van der Waals surface area (Å²) in [4.78, 5) is 1.75. The molecule has 1 aliphatic heterocycles. The number of hydrogen-bond acceptors (Lipinski definition) is 2. The van der Waals surface area contributed by atoms with Gasteiger partial charge in [0, 0.05) is 18.7 Å². The molecule has 0 aliphatic carbocycles. The Morgan fingerprint density at radius 2 is 1.70 bits per heavy atom. The van der Waals surface area contributed by atoms with Crippen molar-refractivity contribution in [3.63, 3.8) is 0 Å². The molecule has 4 heteroatoms. The van der Waals surface area contributed by atoms with Gasteiger partial charge < -0.3 is 10.2 Å². The summed E-state index contributed by atoms with van der Waals surface area (Å²) in [6.07, 6.45) is 0. The molecular weight excluding hydrogens is 258 g/mol. The molecule has 0 spiro atoms. The van der Waals surface area contributed by atoms with E-state index in [0.717, 1.165) is 11.4 Å². The predicted octanol–water partition coefficient (Wildman–Crippen LogP) is 3.71. The van der Waals surface area contributed by atoms with E-state index in [9.17, 15) is 8.78 Å². The Morgan fingerprint density at radius 1 is 1.00 bits per heavy atom. The number of rotatable bonds is 3. The van der Waals surface area contributed by atoms with Crippen molar-refractivity contribution >= 4 is 11.4 Å². The highest BCUT2D eigenvalue weighted by Gasteiger charge is 2.35. The summed E-state index contributed by atoms with van der Waals surface area (Å²) in [7, 11) is 0. The molecule has 1 aliphatic rings. The second kappa shape index (κ2) is 5.12. The van der Waals surface area contributed by atoms with Crippen molar-refractivity contribution in [1.82, 2.24) is 0 Å². The summed E-state index contributed by atoms with van der Waals surface area (Å²) in [5.41, 5.74) is 1.83. The zero-order valence-electron chi connectivity index (χ0n) is 11.0. The highest BCUT2D eigenvalue weighted by molar-refractivity contribution is 5.72. The van der Waals surface area contributed by atoms with E-state index in [2.05, 4.69) is 5.32 Å². The maximum absolute atomic E-state index is 14.4. The first-order valence-corrected chi connectivity index (χ1v) is 6.68. The van der Waals surface area contributed by atoms with E-state index >= 15 is 0 Å². The molecule has 104 valence electrons. The zero-order valence-corrected chi connectivity index (χ0v) is 11.0. The van der Waals surface area contributed by atoms with E-state index in [0.29, 0.717) is 13.1 Å². The van der Waals surface area contributed by atoms with E-state index in [1.54, 1.807) is 23.1 Å². The first-order chi connectivity index (χ1) is 9.67. The third kappa shape index (κ3) is 2.46. The van der Waals surface area contributed by atoms with Gasteiger partial charge in [0.15, 0.2) is 0 Å². The smallest absolute Gasteiger partial charge is 0.290 e. The topological polar surface area (TPSA) is 15.3 Å². The van der Waals surface area contributed by atoms with Crippen LogP contribution in [0.15, 0.2) is 54.6 Å². The van der Waals surface area contributed by atoms with Crippen molar-refractivity contribution < 1.29 is 8.78 Å². The number of nitrogens with zero attached hydrogens (tertiary/aromatic N) is 1. The van der Waals surface area contributed by atoms with Crippen LogP contribution in [-0.2, 0) is 5.92 Å². The van der Waals surface area contributed by atoms with Crippen LogP contribution in [0.2, 0.25) is 0 Å². The summed E-state index contributed by atoms with van der Waals surface area (Å²) in [6.45, 7) is 0.969. The first-order valence-electron chi connectivity index (χ1n) is 6.68. The third-order valence-corrected chi connectivity index (χ3v) is 3.53. The largest absolute Gasteiger partial charge is 0.382 e. The number of benzene rings is 2. The molecule has 0 saturated heterocycles. The second-order valence-corrected chi connectivity index (χ2v) is 4.94. The molecule has 2 aromatic carbocycles. The van der Waals surface area contributed by atoms with Crippen LogP contribution in [0, 0.1) is 0 Å². The molecule has 0 unspecified atom stereocenters. The van der Waals surface area contributed by atoms with Crippen LogP contribution in [0.25, 0.3) is 0 Å². The summed E-state index contributed by atoms with van der Waals surface area (Å²) >= 11 is 0. The molecule has 0 amide bonds. The molecule has 2 aromatic rings. The summed E-state index contributed by atoms with van der Waals surface area (Å²) in [6, 6.07) is 15.6. The SMILES string of the molecule is FC(F)(CN1CCNc2ccccc21)c1ccccc1. The van der Waals surface area contributed by atoms with Crippen LogP contribution in [0.1, 0.15) is 5.56 Å². The highest BCUT2D eigenvalue weighted by atomic mass is 19.3. The summed E-state index contributed by atoms with van der Waals surface area (Å²) in [5, 5.41) is 3.23. The Labute approximate surface area is 117 Å². The molecule has 3 rings (SSSR count). The van der Waals surface area contributed by atoms with Gasteiger partial charge in [0.05, 0.1) is 17.9 Å². The second-order valence-electron chi connectivity index (χ2n) is 4.94. The normalized spacial score (nSPS) is 14.6. The number of hydrogen-bond donors (Lipinski definition) is 1. The van der Waals surface area contributed by atoms with Gasteiger partial charge in [0.2, 0.25) is 0 Å². The van der Waals surface area contributed by atoms with Gasteiger partial charge in [-0.25, -0.2) is 0 Å². The van der Waals surface area contributed by atoms with Gasteiger partial charge in [-0.05, 0) is 12.1 Å². The van der Waals surface area contributed by atoms with E-state index < -0.39 is 5.92 Å². The lowest BCUT2D eigenvalue weighted by Gasteiger charge is -2.34. The predicted molar refractivity (Wildman–Crippen MR) is 77.5 cm³/mol. The maximum atomic E-state index is 14.4. The van der Waals surface area contributed by atoms with Crippen molar-refractivity contribution in [2.45, 2.75) is 5.92 Å². The number of halogens is 2. The van der Waals surface area contributed by atoms with Crippen molar-refractivity contribution in [3.8, 4) is 0 Å². The first kappa shape index (κ1) is 12.9. The lowest BCUT2D eigenvalue weighted by Crippen LogP contribution is -2.41. The molecule has 1 N–H and O–H groups in total. The fourth-order valence-electron chi connectivity index (χ4n) is 2.52. The van der Waals surface area contributed by atoms with E-state index in [4.69, 9.17) is 0 Å². The minimum absolute atomic E-state index is 0.0658. The molecule has 20 heavy (non-hydrogen) atoms. The van der Waals surface area contributed by atoms with Gasteiger partial charge in [-0.3, -0.25) is 0 Å². The van der Waals surface area contributed by atoms with E-state index in [-0.39, 0.29) is 12.1 Å². The van der Waals surface area contributed by atoms with Crippen LogP contribution in [0.5, 0.6) is 0 Å². The van der Waals surface area contributed by atoms with Crippen LogP contribution in [0.4, 0.5) is 20.2 Å². The Kier molecular flexibility index (Phi) is 3.30. The Morgan fingerprint density at radius 3 is 2.50 bits per heavy atom. The van der Waals surface area contributed by atoms with Gasteiger partial charge in [-0.1, -0.05) is 42.5 Å². The zero-order chi connectivity index (χ0) is 14.0. The minimum atomic E-state index is -2.86. The fourth-order valence-corrected chi connectivity index (χ4v) is 2.52. The number of alkyl halides is 2. The minimum Gasteiger partial charge on any atom is -0.382 e. The van der Waals surface area contributed by atoms with E-state index in [1.807, 2.05) is 24.3 Å². The van der Waals surface area contributed by atoms with Gasteiger partial charge in [-0.2, -0.15) is 8.78 Å². The molecule has 0 bridgehead atoms. The Hall–Kier alpha value is -2.10. The molecule has 0 saturated carbocycles. The maximum Gasteiger partial charge on any atom is 0.290 e. The van der Waals surface area contributed by atoms with Gasteiger partial charge in [0.1, 0.15) is 0 Å². The van der Waals surface area contributed by atoms with Crippen molar-refractivity contribution in [1.29, 1.82) is 0 Å². The lowest BCUT2D eigenvalue weighted by molar-refractivity contribution is 0.00399. The van der Waals surface area contributed by atoms with Crippen molar-refractivity contribution in [2.24, 2.45) is 0 Å². The molecular formula is C16H16F2N2. The average Bonchev–Trinajstić information content (AvgIpc) is 2.48. The van der Waals surface area contributed by atoms with Crippen LogP contribution in [-0.4, -0.2) is 19.6 Å². The molecule has 0 radical (unpaired) electrons. The monoisotopic (exact) mass is 274 g/mol. The van der Waals surface area contributed by atoms with Crippen LogP contribution in [0.3, 0.4) is 0 Å². The summed E-state index contributed by atoms with van der Waals surface area (Å²) in [5.74, 6) is -2.86. The van der Waals surface area contributed by atoms with Gasteiger partial charge in [0.25, 0.3) is 5.92 Å². The molecule has 2 nitrogen and oxygen atoms in total. The highest BCUT2D eigenvalue weighted by Crippen LogP contribution is 2.34. The van der Waals surface area contributed by atoms with Gasteiger partial charge >= 0.3 is 0 Å². The van der Waals surface area contributed by atoms with Crippen molar-refractivity contribution in [3.05, 3.63) is 60.2 Å². The number of anilines is 2. The summed E-state index contributed by atoms with van der Waals surface area (Å²) < 4.78 is 28.7. The third-order valence-electron chi connectivity index (χ3n) is 3.53. The quantitative estimate of drug-likeness (QED) is 0.918. The Balaban J connectivity index is 1.85. The molecule has 0 aromatic heterocycles. The number of para-hydroxylation sites is 2. The van der Waals surface area contributed by atoms with Crippen molar-refractivity contribution in [2.75, 3.05) is 29.9 Å². The lowest BCUT2D eigenvalue weighted by atomic mass is 10.1. The Bertz CT molecular complexity index is 584. The average molecular weight is 274 g/mol. The molecule has 0 atom stereocenters. The standard InChI is InChI=1S/C16H16F2N2/c17-16(18,13-6-2-1-3-7-13)12-20-11-10-19-14-8-4-5-9-15(14)20/h1-9,19H,10-12H2.